The Morgan fingerprint density at radius 3 is 2.00 bits per heavy atom. The third-order valence-corrected chi connectivity index (χ3v) is 6.51. The van der Waals surface area contributed by atoms with E-state index in [1.54, 1.807) is 0 Å². The Kier molecular flexibility index (Phi) is 9.05. The standard InChI is InChI=1S/C26H42O2/c1-6-8-10-12-22(13-11-9-7-2)23-14-16-24(17-15-23)28-25(27)26(18-20(3)4)19-21(26)5/h14-17,20-22H,6-13,18-19H2,1-5H3. The number of hydrogen-bond acceptors (Lipinski definition) is 2. The molecular formula is C26H42O2. The van der Waals surface area contributed by atoms with Crippen molar-refractivity contribution < 1.29 is 9.53 Å². The Labute approximate surface area is 173 Å². The van der Waals surface area contributed by atoms with Gasteiger partial charge in [0.15, 0.2) is 0 Å². The predicted octanol–water partition coefficient (Wildman–Crippen LogP) is 7.91. The molecule has 2 atom stereocenters. The molecule has 1 aromatic rings. The second kappa shape index (κ2) is 11.0. The average molecular weight is 387 g/mol. The molecule has 0 aliphatic heterocycles. The lowest BCUT2D eigenvalue weighted by Gasteiger charge is -2.19. The van der Waals surface area contributed by atoms with E-state index in [0.29, 0.717) is 23.5 Å². The van der Waals surface area contributed by atoms with Crippen LogP contribution in [0.5, 0.6) is 5.75 Å². The van der Waals surface area contributed by atoms with E-state index in [-0.39, 0.29) is 11.4 Å². The lowest BCUT2D eigenvalue weighted by Crippen LogP contribution is -2.25. The van der Waals surface area contributed by atoms with Crippen LogP contribution in [0.1, 0.15) is 110 Å². The number of unbranched alkanes of at least 4 members (excludes halogenated alkanes) is 4. The summed E-state index contributed by atoms with van der Waals surface area (Å²) in [6.45, 7) is 11.1. The number of benzene rings is 1. The van der Waals surface area contributed by atoms with Crippen LogP contribution in [-0.4, -0.2) is 5.97 Å². The highest BCUT2D eigenvalue weighted by Gasteiger charge is 2.58. The van der Waals surface area contributed by atoms with Crippen molar-refractivity contribution in [3.05, 3.63) is 29.8 Å². The molecule has 0 aromatic heterocycles. The zero-order valence-electron chi connectivity index (χ0n) is 18.9. The average Bonchev–Trinajstić information content (AvgIpc) is 3.31. The molecule has 2 unspecified atom stereocenters. The van der Waals surface area contributed by atoms with Gasteiger partial charge < -0.3 is 4.74 Å². The van der Waals surface area contributed by atoms with E-state index in [4.69, 9.17) is 4.74 Å². The molecule has 28 heavy (non-hydrogen) atoms. The molecule has 2 heteroatoms. The Morgan fingerprint density at radius 2 is 1.57 bits per heavy atom. The normalized spacial score (nSPS) is 21.3. The number of ether oxygens (including phenoxy) is 1. The van der Waals surface area contributed by atoms with E-state index in [2.05, 4.69) is 46.8 Å². The van der Waals surface area contributed by atoms with Crippen LogP contribution in [0.2, 0.25) is 0 Å². The molecule has 158 valence electrons. The van der Waals surface area contributed by atoms with Crippen LogP contribution in [0.3, 0.4) is 0 Å². The summed E-state index contributed by atoms with van der Waals surface area (Å²) in [4.78, 5) is 12.8. The largest absolute Gasteiger partial charge is 0.426 e. The van der Waals surface area contributed by atoms with E-state index < -0.39 is 0 Å². The van der Waals surface area contributed by atoms with Gasteiger partial charge in [-0.1, -0.05) is 85.3 Å². The van der Waals surface area contributed by atoms with Crippen molar-refractivity contribution >= 4 is 5.97 Å². The number of esters is 1. The van der Waals surface area contributed by atoms with E-state index in [1.807, 2.05) is 12.1 Å². The molecule has 0 N–H and O–H groups in total. The lowest BCUT2D eigenvalue weighted by molar-refractivity contribution is -0.141. The zero-order valence-corrected chi connectivity index (χ0v) is 18.9. The maximum absolute atomic E-state index is 12.8. The monoisotopic (exact) mass is 386 g/mol. The summed E-state index contributed by atoms with van der Waals surface area (Å²) in [5, 5.41) is 0. The van der Waals surface area contributed by atoms with Gasteiger partial charge in [0.05, 0.1) is 5.41 Å². The Balaban J connectivity index is 1.98. The van der Waals surface area contributed by atoms with Crippen molar-refractivity contribution in [2.24, 2.45) is 17.3 Å². The van der Waals surface area contributed by atoms with E-state index in [1.165, 1.54) is 56.9 Å². The zero-order chi connectivity index (χ0) is 20.6. The van der Waals surface area contributed by atoms with Crippen LogP contribution in [0, 0.1) is 17.3 Å². The first-order chi connectivity index (χ1) is 13.4. The predicted molar refractivity (Wildman–Crippen MR) is 119 cm³/mol. The second-order valence-electron chi connectivity index (χ2n) is 9.51. The third kappa shape index (κ3) is 6.36. The minimum absolute atomic E-state index is 0.0242. The van der Waals surface area contributed by atoms with Gasteiger partial charge in [-0.2, -0.15) is 0 Å². The molecule has 2 rings (SSSR count). The number of carbonyl (C=O) groups is 1. The molecule has 2 nitrogen and oxygen atoms in total. The summed E-state index contributed by atoms with van der Waals surface area (Å²) < 4.78 is 5.81. The molecule has 0 spiro atoms. The first-order valence-electron chi connectivity index (χ1n) is 11.7. The van der Waals surface area contributed by atoms with Crippen molar-refractivity contribution in [1.82, 2.24) is 0 Å². The quantitative estimate of drug-likeness (QED) is 0.195. The molecule has 1 saturated carbocycles. The van der Waals surface area contributed by atoms with Crippen LogP contribution in [-0.2, 0) is 4.79 Å². The summed E-state index contributed by atoms with van der Waals surface area (Å²) in [6.07, 6.45) is 12.2. The summed E-state index contributed by atoms with van der Waals surface area (Å²) >= 11 is 0. The summed E-state index contributed by atoms with van der Waals surface area (Å²) in [5.74, 6) is 2.29. The van der Waals surface area contributed by atoms with Crippen LogP contribution >= 0.6 is 0 Å². The molecule has 1 fully saturated rings. The fourth-order valence-corrected chi connectivity index (χ4v) is 4.64. The molecule has 0 heterocycles. The van der Waals surface area contributed by atoms with Crippen LogP contribution < -0.4 is 4.74 Å². The topological polar surface area (TPSA) is 26.3 Å². The molecule has 1 aliphatic carbocycles. The lowest BCUT2D eigenvalue weighted by atomic mass is 9.88. The van der Waals surface area contributed by atoms with E-state index in [0.717, 1.165) is 12.8 Å². The molecule has 0 amide bonds. The minimum Gasteiger partial charge on any atom is -0.426 e. The highest BCUT2D eigenvalue weighted by atomic mass is 16.5. The molecular weight excluding hydrogens is 344 g/mol. The second-order valence-corrected chi connectivity index (χ2v) is 9.51. The van der Waals surface area contributed by atoms with Crippen LogP contribution in [0.25, 0.3) is 0 Å². The first-order valence-corrected chi connectivity index (χ1v) is 11.7. The molecule has 1 aromatic carbocycles. The van der Waals surface area contributed by atoms with E-state index >= 15 is 0 Å². The van der Waals surface area contributed by atoms with Gasteiger partial charge in [-0.3, -0.25) is 4.79 Å². The summed E-state index contributed by atoms with van der Waals surface area (Å²) in [5.41, 5.74) is 1.17. The smallest absolute Gasteiger partial charge is 0.317 e. The van der Waals surface area contributed by atoms with Gasteiger partial charge in [-0.15, -0.1) is 0 Å². The number of carbonyl (C=O) groups excluding carboxylic acids is 1. The Morgan fingerprint density at radius 1 is 1.04 bits per heavy atom. The van der Waals surface area contributed by atoms with Gasteiger partial charge in [0.1, 0.15) is 5.75 Å². The van der Waals surface area contributed by atoms with Crippen molar-refractivity contribution in [2.45, 2.75) is 105 Å². The van der Waals surface area contributed by atoms with Crippen molar-refractivity contribution in [2.75, 3.05) is 0 Å². The van der Waals surface area contributed by atoms with Crippen LogP contribution in [0.4, 0.5) is 0 Å². The van der Waals surface area contributed by atoms with Gasteiger partial charge in [0, 0.05) is 0 Å². The summed E-state index contributed by atoms with van der Waals surface area (Å²) in [6, 6.07) is 8.40. The van der Waals surface area contributed by atoms with Crippen molar-refractivity contribution in [1.29, 1.82) is 0 Å². The molecule has 1 aliphatic rings. The maximum Gasteiger partial charge on any atom is 0.317 e. The van der Waals surface area contributed by atoms with Crippen molar-refractivity contribution in [3.8, 4) is 5.75 Å². The SMILES string of the molecule is CCCCCC(CCCCC)c1ccc(OC(=O)C2(CC(C)C)CC2C)cc1. The van der Waals surface area contributed by atoms with Gasteiger partial charge >= 0.3 is 5.97 Å². The maximum atomic E-state index is 12.8. The highest BCUT2D eigenvalue weighted by molar-refractivity contribution is 5.82. The molecule has 0 saturated heterocycles. The van der Waals surface area contributed by atoms with Gasteiger partial charge in [0.25, 0.3) is 0 Å². The van der Waals surface area contributed by atoms with Gasteiger partial charge in [-0.25, -0.2) is 0 Å². The molecule has 0 radical (unpaired) electrons. The van der Waals surface area contributed by atoms with Gasteiger partial charge in [0.2, 0.25) is 0 Å². The third-order valence-electron chi connectivity index (χ3n) is 6.51. The first kappa shape index (κ1) is 23.0. The van der Waals surface area contributed by atoms with Gasteiger partial charge in [-0.05, 0) is 61.1 Å². The fraction of sp³-hybridized carbons (Fsp3) is 0.731. The number of rotatable bonds is 13. The summed E-state index contributed by atoms with van der Waals surface area (Å²) in [7, 11) is 0. The number of hydrogen-bond donors (Lipinski definition) is 0. The minimum atomic E-state index is -0.240. The Hall–Kier alpha value is -1.31. The fourth-order valence-electron chi connectivity index (χ4n) is 4.64. The molecule has 0 bridgehead atoms. The highest BCUT2D eigenvalue weighted by Crippen LogP contribution is 2.57. The van der Waals surface area contributed by atoms with Crippen molar-refractivity contribution in [3.63, 3.8) is 0 Å². The van der Waals surface area contributed by atoms with E-state index in [9.17, 15) is 4.79 Å². The van der Waals surface area contributed by atoms with Crippen LogP contribution in [0.15, 0.2) is 24.3 Å². The Bertz CT molecular complexity index is 579.